The minimum atomic E-state index is -0.125. The van der Waals surface area contributed by atoms with Crippen LogP contribution in [0.4, 0.5) is 0 Å². The molecule has 0 N–H and O–H groups in total. The molecule has 0 bridgehead atoms. The van der Waals surface area contributed by atoms with Crippen LogP contribution in [-0.4, -0.2) is 31.6 Å². The number of carbonyl (C=O) groups excluding carboxylic acids is 1. The number of amides is 1. The third-order valence-electron chi connectivity index (χ3n) is 3.65. The van der Waals surface area contributed by atoms with Crippen LogP contribution < -0.4 is 9.47 Å². The fourth-order valence-corrected chi connectivity index (χ4v) is 2.65. The van der Waals surface area contributed by atoms with Crippen LogP contribution in [0.15, 0.2) is 42.5 Å². The van der Waals surface area contributed by atoms with E-state index in [4.69, 9.17) is 21.1 Å². The molecule has 134 valence electrons. The second-order valence-electron chi connectivity index (χ2n) is 6.34. The molecule has 0 spiro atoms. The van der Waals surface area contributed by atoms with Crippen LogP contribution in [0.3, 0.4) is 0 Å². The van der Waals surface area contributed by atoms with Crippen LogP contribution in [0.1, 0.15) is 29.8 Å². The Hall–Kier alpha value is -2.20. The maximum absolute atomic E-state index is 12.7. The van der Waals surface area contributed by atoms with Crippen molar-refractivity contribution in [3.05, 3.63) is 58.6 Å². The predicted octanol–water partition coefficient (Wildman–Crippen LogP) is 4.66. The molecule has 0 aliphatic carbocycles. The van der Waals surface area contributed by atoms with Crippen molar-refractivity contribution in [1.29, 1.82) is 0 Å². The summed E-state index contributed by atoms with van der Waals surface area (Å²) in [5.74, 6) is 1.17. The molecule has 0 aromatic heterocycles. The summed E-state index contributed by atoms with van der Waals surface area (Å²) in [7, 11) is 3.30. The molecule has 0 aliphatic heterocycles. The van der Waals surface area contributed by atoms with Gasteiger partial charge in [-0.15, -0.1) is 0 Å². The maximum Gasteiger partial charge on any atom is 0.254 e. The van der Waals surface area contributed by atoms with Crippen molar-refractivity contribution in [2.75, 3.05) is 20.8 Å². The van der Waals surface area contributed by atoms with Gasteiger partial charge in [-0.2, -0.15) is 0 Å². The molecule has 2 aromatic rings. The largest absolute Gasteiger partial charge is 0.493 e. The van der Waals surface area contributed by atoms with Crippen molar-refractivity contribution in [3.8, 4) is 11.5 Å². The first-order valence-corrected chi connectivity index (χ1v) is 8.60. The normalized spacial score (nSPS) is 10.6. The fraction of sp³-hybridized carbons (Fsp3) is 0.350. The molecule has 0 aliphatic rings. The van der Waals surface area contributed by atoms with Crippen LogP contribution in [0.25, 0.3) is 0 Å². The number of benzene rings is 2. The van der Waals surface area contributed by atoms with E-state index in [-0.39, 0.29) is 5.91 Å². The Morgan fingerprint density at radius 1 is 1.20 bits per heavy atom. The highest BCUT2D eigenvalue weighted by atomic mass is 35.5. The van der Waals surface area contributed by atoms with Gasteiger partial charge in [0, 0.05) is 19.2 Å². The Kier molecular flexibility index (Phi) is 6.71. The molecule has 25 heavy (non-hydrogen) atoms. The lowest BCUT2D eigenvalue weighted by Crippen LogP contribution is -2.26. The number of methoxy groups -OCH3 is 1. The lowest BCUT2D eigenvalue weighted by molar-refractivity contribution is 0.0784. The average Bonchev–Trinajstić information content (AvgIpc) is 2.60. The number of hydrogen-bond donors (Lipinski definition) is 0. The van der Waals surface area contributed by atoms with Crippen molar-refractivity contribution < 1.29 is 14.3 Å². The predicted molar refractivity (Wildman–Crippen MR) is 101 cm³/mol. The maximum atomic E-state index is 12.7. The molecule has 0 saturated carbocycles. The molecule has 0 saturated heterocycles. The van der Waals surface area contributed by atoms with Crippen molar-refractivity contribution in [1.82, 2.24) is 4.90 Å². The standard InChI is InChI=1S/C20H24ClNO3/c1-14(2)13-25-19-17(21)10-16(11-18(19)24-4)20(23)22(3)12-15-8-6-5-7-9-15/h5-11,14H,12-13H2,1-4H3. The lowest BCUT2D eigenvalue weighted by atomic mass is 10.1. The monoisotopic (exact) mass is 361 g/mol. The zero-order chi connectivity index (χ0) is 18.4. The third kappa shape index (κ3) is 5.13. The summed E-state index contributed by atoms with van der Waals surface area (Å²) < 4.78 is 11.1. The summed E-state index contributed by atoms with van der Waals surface area (Å²) in [6, 6.07) is 13.1. The number of rotatable bonds is 7. The van der Waals surface area contributed by atoms with Gasteiger partial charge in [0.05, 0.1) is 18.7 Å². The van der Waals surface area contributed by atoms with Gasteiger partial charge in [0.2, 0.25) is 0 Å². The lowest BCUT2D eigenvalue weighted by Gasteiger charge is -2.19. The Morgan fingerprint density at radius 2 is 1.88 bits per heavy atom. The summed E-state index contributed by atoms with van der Waals surface area (Å²) in [5.41, 5.74) is 1.53. The van der Waals surface area contributed by atoms with Gasteiger partial charge in [0.15, 0.2) is 11.5 Å². The van der Waals surface area contributed by atoms with Crippen LogP contribution >= 0.6 is 11.6 Å². The molecule has 0 heterocycles. The van der Waals surface area contributed by atoms with Crippen molar-refractivity contribution in [2.45, 2.75) is 20.4 Å². The van der Waals surface area contributed by atoms with Crippen molar-refractivity contribution in [2.24, 2.45) is 5.92 Å². The van der Waals surface area contributed by atoms with Crippen LogP contribution in [-0.2, 0) is 6.54 Å². The molecule has 0 atom stereocenters. The highest BCUT2D eigenvalue weighted by Crippen LogP contribution is 2.37. The number of carbonyl (C=O) groups is 1. The van der Waals surface area contributed by atoms with E-state index < -0.39 is 0 Å². The molecule has 0 unspecified atom stereocenters. The van der Waals surface area contributed by atoms with E-state index in [1.807, 2.05) is 30.3 Å². The van der Waals surface area contributed by atoms with Gasteiger partial charge < -0.3 is 14.4 Å². The summed E-state index contributed by atoms with van der Waals surface area (Å²) >= 11 is 6.33. The van der Waals surface area contributed by atoms with Gasteiger partial charge >= 0.3 is 0 Å². The van der Waals surface area contributed by atoms with Gasteiger partial charge in [-0.05, 0) is 23.6 Å². The summed E-state index contributed by atoms with van der Waals surface area (Å²) in [6.07, 6.45) is 0. The van der Waals surface area contributed by atoms with Gasteiger partial charge in [-0.25, -0.2) is 0 Å². The summed E-state index contributed by atoms with van der Waals surface area (Å²) in [6.45, 7) is 5.15. The Morgan fingerprint density at radius 3 is 2.48 bits per heavy atom. The van der Waals surface area contributed by atoms with Gasteiger partial charge in [-0.3, -0.25) is 4.79 Å². The molecule has 1 amide bonds. The van der Waals surface area contributed by atoms with E-state index in [2.05, 4.69) is 13.8 Å². The highest BCUT2D eigenvalue weighted by Gasteiger charge is 2.19. The molecule has 4 nitrogen and oxygen atoms in total. The summed E-state index contributed by atoms with van der Waals surface area (Å²) in [4.78, 5) is 14.4. The first-order chi connectivity index (χ1) is 11.9. The van der Waals surface area contributed by atoms with Crippen LogP contribution in [0.2, 0.25) is 5.02 Å². The SMILES string of the molecule is COc1cc(C(=O)N(C)Cc2ccccc2)cc(Cl)c1OCC(C)C. The minimum Gasteiger partial charge on any atom is -0.493 e. The Labute approximate surface area is 154 Å². The third-order valence-corrected chi connectivity index (χ3v) is 3.93. The molecular weight excluding hydrogens is 338 g/mol. The van der Waals surface area contributed by atoms with E-state index in [1.54, 1.807) is 24.1 Å². The molecule has 2 aromatic carbocycles. The smallest absolute Gasteiger partial charge is 0.254 e. The minimum absolute atomic E-state index is 0.125. The van der Waals surface area contributed by atoms with Crippen molar-refractivity contribution >= 4 is 17.5 Å². The number of halogens is 1. The number of ether oxygens (including phenoxy) is 2. The van der Waals surface area contributed by atoms with Gasteiger partial charge in [0.1, 0.15) is 0 Å². The first-order valence-electron chi connectivity index (χ1n) is 8.22. The zero-order valence-corrected chi connectivity index (χ0v) is 15.8. The average molecular weight is 362 g/mol. The Bertz CT molecular complexity index is 716. The van der Waals surface area contributed by atoms with E-state index >= 15 is 0 Å². The molecule has 2 rings (SSSR count). The Balaban J connectivity index is 2.20. The quantitative estimate of drug-likeness (QED) is 0.720. The molecule has 5 heteroatoms. The van der Waals surface area contributed by atoms with Crippen molar-refractivity contribution in [3.63, 3.8) is 0 Å². The van der Waals surface area contributed by atoms with Crippen LogP contribution in [0, 0.1) is 5.92 Å². The zero-order valence-electron chi connectivity index (χ0n) is 15.1. The van der Waals surface area contributed by atoms with Crippen LogP contribution in [0.5, 0.6) is 11.5 Å². The fourth-order valence-electron chi connectivity index (χ4n) is 2.38. The van der Waals surface area contributed by atoms with E-state index in [9.17, 15) is 4.79 Å². The number of nitrogens with zero attached hydrogens (tertiary/aromatic N) is 1. The summed E-state index contributed by atoms with van der Waals surface area (Å²) in [5, 5.41) is 0.372. The second kappa shape index (κ2) is 8.77. The molecule has 0 radical (unpaired) electrons. The molecular formula is C20H24ClNO3. The number of hydrogen-bond acceptors (Lipinski definition) is 3. The van der Waals surface area contributed by atoms with E-state index in [0.717, 1.165) is 5.56 Å². The van der Waals surface area contributed by atoms with Gasteiger partial charge in [-0.1, -0.05) is 55.8 Å². The topological polar surface area (TPSA) is 38.8 Å². The van der Waals surface area contributed by atoms with E-state index in [0.29, 0.717) is 41.2 Å². The second-order valence-corrected chi connectivity index (χ2v) is 6.75. The van der Waals surface area contributed by atoms with Gasteiger partial charge in [0.25, 0.3) is 5.91 Å². The first kappa shape index (κ1) is 19.1. The van der Waals surface area contributed by atoms with E-state index in [1.165, 1.54) is 7.11 Å². The molecule has 0 fully saturated rings. The highest BCUT2D eigenvalue weighted by molar-refractivity contribution is 6.32.